The van der Waals surface area contributed by atoms with Crippen molar-refractivity contribution < 1.29 is 19.1 Å². The van der Waals surface area contributed by atoms with Crippen LogP contribution in [0.4, 0.5) is 11.4 Å². The minimum atomic E-state index is -0.510. The number of carbonyl (C=O) groups excluding carboxylic acids is 2. The SMILES string of the molecule is CCN(CC)CCNC(=O)c1cc(Cl)c(NC(=O)c2cc(Cl)c(N)cc2OC)cc1OC. The summed E-state index contributed by atoms with van der Waals surface area (Å²) in [5, 5.41) is 5.95. The normalized spacial score (nSPS) is 10.7. The van der Waals surface area contributed by atoms with E-state index in [1.807, 2.05) is 0 Å². The number of likely N-dealkylation sites (N-methyl/N-ethyl adjacent to an activating group) is 1. The highest BCUT2D eigenvalue weighted by atomic mass is 35.5. The van der Waals surface area contributed by atoms with Gasteiger partial charge < -0.3 is 30.7 Å². The van der Waals surface area contributed by atoms with Crippen LogP contribution in [0.3, 0.4) is 0 Å². The number of rotatable bonds is 10. The lowest BCUT2D eigenvalue weighted by Gasteiger charge is -2.18. The fourth-order valence-electron chi connectivity index (χ4n) is 3.06. The summed E-state index contributed by atoms with van der Waals surface area (Å²) in [6.45, 7) is 7.15. The van der Waals surface area contributed by atoms with E-state index < -0.39 is 5.91 Å². The third-order valence-corrected chi connectivity index (χ3v) is 5.59. The lowest BCUT2D eigenvalue weighted by molar-refractivity contribution is 0.0945. The molecule has 0 fully saturated rings. The van der Waals surface area contributed by atoms with Gasteiger partial charge in [-0.15, -0.1) is 0 Å². The fourth-order valence-corrected chi connectivity index (χ4v) is 3.44. The maximum absolute atomic E-state index is 12.8. The van der Waals surface area contributed by atoms with Crippen LogP contribution in [-0.4, -0.2) is 57.1 Å². The van der Waals surface area contributed by atoms with Crippen molar-refractivity contribution in [3.05, 3.63) is 45.4 Å². The molecule has 0 unspecified atom stereocenters. The zero-order valence-electron chi connectivity index (χ0n) is 18.6. The van der Waals surface area contributed by atoms with Gasteiger partial charge in [-0.25, -0.2) is 0 Å². The van der Waals surface area contributed by atoms with Crippen molar-refractivity contribution in [3.63, 3.8) is 0 Å². The molecule has 32 heavy (non-hydrogen) atoms. The second-order valence-corrected chi connectivity index (χ2v) is 7.66. The number of halogens is 2. The van der Waals surface area contributed by atoms with Crippen molar-refractivity contribution in [2.75, 3.05) is 51.4 Å². The molecule has 0 aliphatic heterocycles. The van der Waals surface area contributed by atoms with Gasteiger partial charge in [0.2, 0.25) is 0 Å². The Morgan fingerprint density at radius 2 is 1.50 bits per heavy atom. The summed E-state index contributed by atoms with van der Waals surface area (Å²) in [6.07, 6.45) is 0. The van der Waals surface area contributed by atoms with Gasteiger partial charge in [0.25, 0.3) is 11.8 Å². The van der Waals surface area contributed by atoms with Crippen LogP contribution in [0.15, 0.2) is 24.3 Å². The molecule has 174 valence electrons. The van der Waals surface area contributed by atoms with Crippen LogP contribution in [0.5, 0.6) is 11.5 Å². The van der Waals surface area contributed by atoms with Crippen LogP contribution in [0.1, 0.15) is 34.6 Å². The highest BCUT2D eigenvalue weighted by Gasteiger charge is 2.20. The van der Waals surface area contributed by atoms with Gasteiger partial charge in [0.1, 0.15) is 11.5 Å². The van der Waals surface area contributed by atoms with Gasteiger partial charge in [-0.05, 0) is 25.2 Å². The molecule has 0 radical (unpaired) electrons. The molecule has 4 N–H and O–H groups in total. The van der Waals surface area contributed by atoms with Gasteiger partial charge in [0.15, 0.2) is 0 Å². The Morgan fingerprint density at radius 3 is 2.09 bits per heavy atom. The first-order valence-electron chi connectivity index (χ1n) is 10.1. The van der Waals surface area contributed by atoms with Crippen molar-refractivity contribution in [1.29, 1.82) is 0 Å². The Balaban J connectivity index is 2.22. The van der Waals surface area contributed by atoms with E-state index in [0.29, 0.717) is 6.54 Å². The summed E-state index contributed by atoms with van der Waals surface area (Å²) < 4.78 is 10.6. The number of hydrogen-bond donors (Lipinski definition) is 3. The molecular formula is C22H28Cl2N4O4. The Hall–Kier alpha value is -2.68. The lowest BCUT2D eigenvalue weighted by atomic mass is 10.1. The summed E-state index contributed by atoms with van der Waals surface area (Å²) >= 11 is 12.4. The third-order valence-electron chi connectivity index (χ3n) is 4.95. The minimum Gasteiger partial charge on any atom is -0.496 e. The highest BCUT2D eigenvalue weighted by molar-refractivity contribution is 6.35. The average Bonchev–Trinajstić information content (AvgIpc) is 2.78. The Kier molecular flexibility index (Phi) is 9.43. The molecule has 0 saturated heterocycles. The highest BCUT2D eigenvalue weighted by Crippen LogP contribution is 2.33. The van der Waals surface area contributed by atoms with E-state index in [9.17, 15) is 9.59 Å². The van der Waals surface area contributed by atoms with E-state index >= 15 is 0 Å². The summed E-state index contributed by atoms with van der Waals surface area (Å²) in [5.74, 6) is -0.297. The molecule has 8 nitrogen and oxygen atoms in total. The number of nitrogen functional groups attached to an aromatic ring is 1. The maximum atomic E-state index is 12.8. The summed E-state index contributed by atoms with van der Waals surface area (Å²) in [5.41, 5.74) is 6.77. The van der Waals surface area contributed by atoms with E-state index in [1.54, 1.807) is 0 Å². The van der Waals surface area contributed by atoms with E-state index in [-0.39, 0.29) is 50.0 Å². The van der Waals surface area contributed by atoms with Crippen LogP contribution >= 0.6 is 23.2 Å². The number of anilines is 2. The molecule has 10 heteroatoms. The zero-order chi connectivity index (χ0) is 23.8. The maximum Gasteiger partial charge on any atom is 0.259 e. The minimum absolute atomic E-state index is 0.175. The number of nitrogens with one attached hydrogen (secondary N) is 2. The van der Waals surface area contributed by atoms with Crippen LogP contribution in [-0.2, 0) is 0 Å². The molecule has 0 aliphatic rings. The predicted octanol–water partition coefficient (Wildman–Crippen LogP) is 3.92. The van der Waals surface area contributed by atoms with Crippen molar-refractivity contribution in [3.8, 4) is 11.5 Å². The van der Waals surface area contributed by atoms with E-state index in [2.05, 4.69) is 29.4 Å². The van der Waals surface area contributed by atoms with Gasteiger partial charge in [0, 0.05) is 25.2 Å². The Morgan fingerprint density at radius 1 is 0.938 bits per heavy atom. The fraction of sp³-hybridized carbons (Fsp3) is 0.364. The molecule has 2 aromatic rings. The van der Waals surface area contributed by atoms with E-state index in [4.69, 9.17) is 38.4 Å². The number of ether oxygens (including phenoxy) is 2. The quantitative estimate of drug-likeness (QED) is 0.443. The molecule has 0 bridgehead atoms. The van der Waals surface area contributed by atoms with E-state index in [1.165, 1.54) is 38.5 Å². The summed E-state index contributed by atoms with van der Waals surface area (Å²) in [6, 6.07) is 5.82. The summed E-state index contributed by atoms with van der Waals surface area (Å²) in [4.78, 5) is 27.7. The number of hydrogen-bond acceptors (Lipinski definition) is 6. The standard InChI is InChI=1S/C22H28Cl2N4O4/c1-5-28(6-2)8-7-26-21(29)13-10-16(24)18(12-20(13)32-4)27-22(30)14-9-15(23)17(25)11-19(14)31-3/h9-12H,5-8,25H2,1-4H3,(H,26,29)(H,27,30). The second kappa shape index (κ2) is 11.8. The predicted molar refractivity (Wildman–Crippen MR) is 128 cm³/mol. The van der Waals surface area contributed by atoms with Gasteiger partial charge in [0.05, 0.1) is 46.8 Å². The zero-order valence-corrected chi connectivity index (χ0v) is 20.1. The summed E-state index contributed by atoms with van der Waals surface area (Å²) in [7, 11) is 2.85. The van der Waals surface area contributed by atoms with Gasteiger partial charge in [-0.2, -0.15) is 0 Å². The number of benzene rings is 2. The number of methoxy groups -OCH3 is 2. The van der Waals surface area contributed by atoms with Crippen molar-refractivity contribution in [1.82, 2.24) is 10.2 Å². The van der Waals surface area contributed by atoms with Crippen LogP contribution < -0.4 is 25.8 Å². The molecule has 0 atom stereocenters. The molecule has 2 amide bonds. The lowest BCUT2D eigenvalue weighted by Crippen LogP contribution is -2.34. The molecular weight excluding hydrogens is 455 g/mol. The smallest absolute Gasteiger partial charge is 0.259 e. The third kappa shape index (κ3) is 6.18. The van der Waals surface area contributed by atoms with Gasteiger partial charge in [-0.1, -0.05) is 37.0 Å². The average molecular weight is 483 g/mol. The van der Waals surface area contributed by atoms with E-state index in [0.717, 1.165) is 19.6 Å². The Bertz CT molecular complexity index is 981. The number of carbonyl (C=O) groups is 2. The van der Waals surface area contributed by atoms with Crippen molar-refractivity contribution in [2.24, 2.45) is 0 Å². The molecule has 0 aromatic heterocycles. The first-order chi connectivity index (χ1) is 15.2. The molecule has 2 rings (SSSR count). The number of nitrogens with zero attached hydrogens (tertiary/aromatic N) is 1. The van der Waals surface area contributed by atoms with Crippen LogP contribution in [0.2, 0.25) is 10.0 Å². The number of amides is 2. The van der Waals surface area contributed by atoms with Crippen molar-refractivity contribution in [2.45, 2.75) is 13.8 Å². The first kappa shape index (κ1) is 25.6. The Labute approximate surface area is 197 Å². The number of nitrogens with two attached hydrogens (primary N) is 1. The van der Waals surface area contributed by atoms with Crippen LogP contribution in [0, 0.1) is 0 Å². The van der Waals surface area contributed by atoms with Crippen molar-refractivity contribution >= 4 is 46.4 Å². The molecule has 0 aliphatic carbocycles. The molecule has 0 heterocycles. The van der Waals surface area contributed by atoms with Gasteiger partial charge in [-0.3, -0.25) is 9.59 Å². The van der Waals surface area contributed by atoms with Crippen LogP contribution in [0.25, 0.3) is 0 Å². The topological polar surface area (TPSA) is 106 Å². The monoisotopic (exact) mass is 482 g/mol. The molecule has 2 aromatic carbocycles. The first-order valence-corrected chi connectivity index (χ1v) is 10.8. The molecule has 0 spiro atoms. The second-order valence-electron chi connectivity index (χ2n) is 6.84. The molecule has 0 saturated carbocycles. The van der Waals surface area contributed by atoms with Gasteiger partial charge >= 0.3 is 0 Å². The largest absolute Gasteiger partial charge is 0.496 e.